The lowest BCUT2D eigenvalue weighted by atomic mass is 9.87. The second kappa shape index (κ2) is 7.68. The average Bonchev–Trinajstić information content (AvgIpc) is 3.32. The van der Waals surface area contributed by atoms with E-state index in [1.165, 1.54) is 29.8 Å². The highest BCUT2D eigenvalue weighted by molar-refractivity contribution is 7.13. The lowest BCUT2D eigenvalue weighted by Gasteiger charge is -2.22. The van der Waals surface area contributed by atoms with Crippen LogP contribution in [0.15, 0.2) is 34.4 Å². The molecule has 7 heteroatoms. The van der Waals surface area contributed by atoms with Gasteiger partial charge in [0.05, 0.1) is 22.3 Å². The first kappa shape index (κ1) is 18.0. The molecule has 2 N–H and O–H groups in total. The van der Waals surface area contributed by atoms with E-state index in [9.17, 15) is 9.59 Å². The fraction of sp³-hybridized carbons (Fsp3) is 0.450. The number of carbonyl (C=O) groups excluding carboxylic acids is 1. The van der Waals surface area contributed by atoms with E-state index in [2.05, 4.69) is 15.4 Å². The second-order valence-corrected chi connectivity index (χ2v) is 8.31. The average molecular weight is 385 g/mol. The van der Waals surface area contributed by atoms with Crippen LogP contribution in [-0.4, -0.2) is 20.5 Å². The van der Waals surface area contributed by atoms with E-state index in [-0.39, 0.29) is 17.5 Å². The molecule has 4 rings (SSSR count). The lowest BCUT2D eigenvalue weighted by molar-refractivity contribution is -0.122. The van der Waals surface area contributed by atoms with Gasteiger partial charge in [0.2, 0.25) is 5.91 Å². The van der Waals surface area contributed by atoms with Gasteiger partial charge in [0.25, 0.3) is 5.56 Å². The van der Waals surface area contributed by atoms with Crippen LogP contribution in [0.25, 0.3) is 16.2 Å². The van der Waals surface area contributed by atoms with Gasteiger partial charge in [-0.15, -0.1) is 11.3 Å². The number of amides is 1. The van der Waals surface area contributed by atoms with Gasteiger partial charge in [-0.2, -0.15) is 0 Å². The minimum atomic E-state index is -0.293. The van der Waals surface area contributed by atoms with Crippen molar-refractivity contribution in [2.24, 2.45) is 5.92 Å². The summed E-state index contributed by atoms with van der Waals surface area (Å²) in [5.74, 6) is 0.537. The number of nitrogens with one attached hydrogen (secondary N) is 2. The number of nitrogens with zero attached hydrogens (tertiary/aromatic N) is 2. The van der Waals surface area contributed by atoms with Crippen LogP contribution in [-0.2, 0) is 4.79 Å². The van der Waals surface area contributed by atoms with Crippen molar-refractivity contribution in [1.29, 1.82) is 0 Å². The first-order chi connectivity index (χ1) is 13.1. The van der Waals surface area contributed by atoms with Gasteiger partial charge in [-0.3, -0.25) is 14.7 Å². The Labute approximate surface area is 161 Å². The molecule has 1 saturated carbocycles. The molecule has 0 aromatic carbocycles. The molecule has 1 unspecified atom stereocenters. The largest absolute Gasteiger partial charge is 0.348 e. The van der Waals surface area contributed by atoms with Crippen molar-refractivity contribution in [1.82, 2.24) is 19.9 Å². The van der Waals surface area contributed by atoms with Gasteiger partial charge in [-0.1, -0.05) is 25.3 Å². The molecule has 1 aliphatic carbocycles. The SMILES string of the molecule is CC(NC(=O)CC1CCCCC1)c1cc(=O)n2[nH]c(-c3cccs3)cc2n1. The fourth-order valence-electron chi connectivity index (χ4n) is 3.82. The van der Waals surface area contributed by atoms with Crippen molar-refractivity contribution in [3.8, 4) is 10.6 Å². The van der Waals surface area contributed by atoms with E-state index in [1.54, 1.807) is 11.3 Å². The molecule has 3 heterocycles. The van der Waals surface area contributed by atoms with Crippen LogP contribution in [0, 0.1) is 5.92 Å². The van der Waals surface area contributed by atoms with Crippen molar-refractivity contribution in [2.45, 2.75) is 51.5 Å². The number of aromatic amines is 1. The zero-order valence-corrected chi connectivity index (χ0v) is 16.2. The monoisotopic (exact) mass is 384 g/mol. The number of H-pyrrole nitrogens is 1. The van der Waals surface area contributed by atoms with Crippen LogP contribution < -0.4 is 10.9 Å². The number of aromatic nitrogens is 3. The van der Waals surface area contributed by atoms with Crippen LogP contribution >= 0.6 is 11.3 Å². The van der Waals surface area contributed by atoms with Crippen LogP contribution in [0.5, 0.6) is 0 Å². The minimum Gasteiger partial charge on any atom is -0.348 e. The maximum absolute atomic E-state index is 12.5. The smallest absolute Gasteiger partial charge is 0.272 e. The number of rotatable bonds is 5. The van der Waals surface area contributed by atoms with Crippen LogP contribution in [0.1, 0.15) is 57.2 Å². The van der Waals surface area contributed by atoms with Crippen molar-refractivity contribution in [2.75, 3.05) is 0 Å². The Kier molecular flexibility index (Phi) is 5.11. The van der Waals surface area contributed by atoms with Gasteiger partial charge in [0.1, 0.15) is 0 Å². The van der Waals surface area contributed by atoms with E-state index < -0.39 is 0 Å². The number of thiophene rings is 1. The summed E-state index contributed by atoms with van der Waals surface area (Å²) >= 11 is 1.60. The van der Waals surface area contributed by atoms with E-state index in [0.717, 1.165) is 23.4 Å². The highest BCUT2D eigenvalue weighted by Gasteiger charge is 2.19. The van der Waals surface area contributed by atoms with Gasteiger partial charge in [0.15, 0.2) is 5.65 Å². The molecule has 142 valence electrons. The summed E-state index contributed by atoms with van der Waals surface area (Å²) in [5.41, 5.74) is 1.84. The minimum absolute atomic E-state index is 0.0461. The Morgan fingerprint density at radius 3 is 2.93 bits per heavy atom. The summed E-state index contributed by atoms with van der Waals surface area (Å²) in [6.45, 7) is 1.88. The predicted molar refractivity (Wildman–Crippen MR) is 107 cm³/mol. The third-order valence-corrected chi connectivity index (χ3v) is 6.18. The zero-order chi connectivity index (χ0) is 18.8. The van der Waals surface area contributed by atoms with Gasteiger partial charge in [0, 0.05) is 18.6 Å². The molecule has 3 aromatic rings. The maximum Gasteiger partial charge on any atom is 0.272 e. The summed E-state index contributed by atoms with van der Waals surface area (Å²) in [4.78, 5) is 30.5. The summed E-state index contributed by atoms with van der Waals surface area (Å²) in [6.07, 6.45) is 6.58. The molecule has 1 atom stereocenters. The van der Waals surface area contributed by atoms with Crippen LogP contribution in [0.3, 0.4) is 0 Å². The topological polar surface area (TPSA) is 79.3 Å². The van der Waals surface area contributed by atoms with Crippen molar-refractivity contribution >= 4 is 22.9 Å². The Morgan fingerprint density at radius 2 is 2.19 bits per heavy atom. The number of carbonyl (C=O) groups is 1. The Hall–Kier alpha value is -2.41. The Balaban J connectivity index is 1.50. The lowest BCUT2D eigenvalue weighted by Crippen LogP contribution is -2.30. The fourth-order valence-corrected chi connectivity index (χ4v) is 4.51. The molecule has 0 radical (unpaired) electrons. The van der Waals surface area contributed by atoms with E-state index in [0.29, 0.717) is 23.7 Å². The van der Waals surface area contributed by atoms with Crippen molar-refractivity contribution < 1.29 is 4.79 Å². The first-order valence-electron chi connectivity index (χ1n) is 9.56. The quantitative estimate of drug-likeness (QED) is 0.700. The third-order valence-electron chi connectivity index (χ3n) is 5.28. The summed E-state index contributed by atoms with van der Waals surface area (Å²) in [6, 6.07) is 7.03. The Morgan fingerprint density at radius 1 is 1.37 bits per heavy atom. The van der Waals surface area contributed by atoms with Gasteiger partial charge in [-0.25, -0.2) is 9.50 Å². The zero-order valence-electron chi connectivity index (χ0n) is 15.4. The van der Waals surface area contributed by atoms with E-state index in [4.69, 9.17) is 0 Å². The molecular formula is C20H24N4O2S. The third kappa shape index (κ3) is 3.98. The highest BCUT2D eigenvalue weighted by atomic mass is 32.1. The molecule has 1 amide bonds. The maximum atomic E-state index is 12.5. The molecule has 0 saturated heterocycles. The summed E-state index contributed by atoms with van der Waals surface area (Å²) in [5, 5.41) is 8.10. The first-order valence-corrected chi connectivity index (χ1v) is 10.4. The number of fused-ring (bicyclic) bond motifs is 1. The second-order valence-electron chi connectivity index (χ2n) is 7.36. The molecular weight excluding hydrogens is 360 g/mol. The van der Waals surface area contributed by atoms with Gasteiger partial charge >= 0.3 is 0 Å². The molecule has 27 heavy (non-hydrogen) atoms. The van der Waals surface area contributed by atoms with Gasteiger partial charge in [-0.05, 0) is 37.1 Å². The normalized spacial score (nSPS) is 16.5. The molecule has 1 fully saturated rings. The van der Waals surface area contributed by atoms with Crippen molar-refractivity contribution in [3.63, 3.8) is 0 Å². The van der Waals surface area contributed by atoms with E-state index in [1.807, 2.05) is 30.5 Å². The molecule has 0 spiro atoms. The summed E-state index contributed by atoms with van der Waals surface area (Å²) in [7, 11) is 0. The standard InChI is InChI=1S/C20H24N4O2S/c1-13(21-19(25)10-14-6-3-2-4-7-14)15-12-20(26)24-18(22-15)11-16(23-24)17-8-5-9-27-17/h5,8-9,11-14,23H,2-4,6-7,10H2,1H3,(H,21,25). The Bertz CT molecular complexity index is 983. The molecule has 1 aliphatic rings. The molecule has 0 aliphatic heterocycles. The van der Waals surface area contributed by atoms with Crippen LogP contribution in [0.2, 0.25) is 0 Å². The van der Waals surface area contributed by atoms with E-state index >= 15 is 0 Å². The molecule has 0 bridgehead atoms. The predicted octanol–water partition coefficient (Wildman–Crippen LogP) is 3.90. The van der Waals surface area contributed by atoms with Gasteiger partial charge < -0.3 is 5.32 Å². The van der Waals surface area contributed by atoms with Crippen LogP contribution in [0.4, 0.5) is 0 Å². The highest BCUT2D eigenvalue weighted by Crippen LogP contribution is 2.27. The number of hydrogen-bond acceptors (Lipinski definition) is 4. The molecule has 6 nitrogen and oxygen atoms in total. The summed E-state index contributed by atoms with van der Waals surface area (Å²) < 4.78 is 1.44. The number of hydrogen-bond donors (Lipinski definition) is 2. The van der Waals surface area contributed by atoms with Crippen molar-refractivity contribution in [3.05, 3.63) is 45.7 Å². The molecule has 3 aromatic heterocycles.